The number of hydrogen-bond acceptors (Lipinski definition) is 2. The number of halogens is 2. The van der Waals surface area contributed by atoms with Gasteiger partial charge in [-0.25, -0.2) is 9.18 Å². The number of pyridine rings is 1. The Kier molecular flexibility index (Phi) is 8.86. The summed E-state index contributed by atoms with van der Waals surface area (Å²) in [5.41, 5.74) is 3.23. The smallest absolute Gasteiger partial charge is 0.315 e. The Morgan fingerprint density at radius 3 is 2.53 bits per heavy atom. The Balaban J connectivity index is 0.000000183. The summed E-state index contributed by atoms with van der Waals surface area (Å²) >= 11 is 5.77. The van der Waals surface area contributed by atoms with Crippen LogP contribution < -0.4 is 10.6 Å². The first-order valence-corrected chi connectivity index (χ1v) is 11.7. The monoisotopic (exact) mass is 455 g/mol. The average Bonchev–Trinajstić information content (AvgIpc) is 2.80. The van der Waals surface area contributed by atoms with E-state index in [1.165, 1.54) is 43.7 Å². The van der Waals surface area contributed by atoms with Crippen molar-refractivity contribution in [2.24, 2.45) is 0 Å². The molecule has 6 heteroatoms. The molecule has 170 valence electrons. The normalized spacial score (nSPS) is 14.9. The zero-order chi connectivity index (χ0) is 22.9. The van der Waals surface area contributed by atoms with E-state index in [2.05, 4.69) is 21.7 Å². The molecule has 1 unspecified atom stereocenters. The SMILES string of the molecule is CCNC(=O)NC(C)c1ccc(Cl)cc1.Fc1ccc2nccc(C3CCCCC3)c2c1. The van der Waals surface area contributed by atoms with Gasteiger partial charge in [0.05, 0.1) is 11.6 Å². The molecule has 4 nitrogen and oxygen atoms in total. The van der Waals surface area contributed by atoms with Crippen molar-refractivity contribution in [2.75, 3.05) is 6.54 Å². The molecule has 0 aliphatic heterocycles. The highest BCUT2D eigenvalue weighted by Crippen LogP contribution is 2.35. The predicted molar refractivity (Wildman–Crippen MR) is 130 cm³/mol. The largest absolute Gasteiger partial charge is 0.338 e. The molecule has 1 atom stereocenters. The molecule has 0 spiro atoms. The number of amides is 2. The van der Waals surface area contributed by atoms with Gasteiger partial charge in [0.2, 0.25) is 0 Å². The highest BCUT2D eigenvalue weighted by molar-refractivity contribution is 6.30. The Hall–Kier alpha value is -2.66. The summed E-state index contributed by atoms with van der Waals surface area (Å²) in [5, 5.41) is 7.20. The maximum absolute atomic E-state index is 13.4. The Morgan fingerprint density at radius 2 is 1.84 bits per heavy atom. The van der Waals surface area contributed by atoms with E-state index in [0.29, 0.717) is 17.5 Å². The molecule has 1 fully saturated rings. The van der Waals surface area contributed by atoms with E-state index >= 15 is 0 Å². The minimum absolute atomic E-state index is 0.0196. The average molecular weight is 456 g/mol. The third-order valence-electron chi connectivity index (χ3n) is 5.84. The number of urea groups is 1. The molecule has 0 bridgehead atoms. The molecule has 32 heavy (non-hydrogen) atoms. The fourth-order valence-electron chi connectivity index (χ4n) is 4.15. The van der Waals surface area contributed by atoms with E-state index in [1.54, 1.807) is 12.1 Å². The molecule has 1 aromatic heterocycles. The second-order valence-electron chi connectivity index (χ2n) is 8.17. The summed E-state index contributed by atoms with van der Waals surface area (Å²) in [6, 6.07) is 14.2. The molecule has 1 aliphatic rings. The van der Waals surface area contributed by atoms with Crippen LogP contribution in [-0.2, 0) is 0 Å². The molecular weight excluding hydrogens is 425 g/mol. The molecule has 2 aromatic carbocycles. The first-order chi connectivity index (χ1) is 15.5. The van der Waals surface area contributed by atoms with Gasteiger partial charge in [-0.2, -0.15) is 0 Å². The predicted octanol–water partition coefficient (Wildman–Crippen LogP) is 7.14. The minimum atomic E-state index is -0.164. The van der Waals surface area contributed by atoms with Gasteiger partial charge in [-0.05, 0) is 80.1 Å². The van der Waals surface area contributed by atoms with Crippen LogP contribution in [0, 0.1) is 5.82 Å². The Bertz CT molecular complexity index is 1020. The van der Waals surface area contributed by atoms with Crippen LogP contribution in [0.25, 0.3) is 10.9 Å². The first kappa shape index (κ1) is 24.0. The lowest BCUT2D eigenvalue weighted by Crippen LogP contribution is -2.36. The van der Waals surface area contributed by atoms with Gasteiger partial charge in [-0.3, -0.25) is 4.98 Å². The number of carbonyl (C=O) groups excluding carboxylic acids is 1. The fourth-order valence-corrected chi connectivity index (χ4v) is 4.28. The molecule has 3 aromatic rings. The van der Waals surface area contributed by atoms with E-state index in [1.807, 2.05) is 44.3 Å². The summed E-state index contributed by atoms with van der Waals surface area (Å²) in [7, 11) is 0. The Morgan fingerprint density at radius 1 is 1.12 bits per heavy atom. The zero-order valence-electron chi connectivity index (χ0n) is 18.7. The van der Waals surface area contributed by atoms with Crippen LogP contribution in [0.15, 0.2) is 54.7 Å². The van der Waals surface area contributed by atoms with Crippen LogP contribution in [0.4, 0.5) is 9.18 Å². The molecule has 1 aliphatic carbocycles. The van der Waals surface area contributed by atoms with Gasteiger partial charge in [-0.1, -0.05) is 43.0 Å². The van der Waals surface area contributed by atoms with Gasteiger partial charge in [0, 0.05) is 23.2 Å². The third kappa shape index (κ3) is 6.67. The quantitative estimate of drug-likeness (QED) is 0.439. The third-order valence-corrected chi connectivity index (χ3v) is 6.09. The lowest BCUT2D eigenvalue weighted by Gasteiger charge is -2.23. The van der Waals surface area contributed by atoms with Gasteiger partial charge in [0.1, 0.15) is 5.82 Å². The summed E-state index contributed by atoms with van der Waals surface area (Å²) in [4.78, 5) is 15.6. The van der Waals surface area contributed by atoms with Crippen molar-refractivity contribution in [1.29, 1.82) is 0 Å². The molecule has 2 N–H and O–H groups in total. The van der Waals surface area contributed by atoms with Crippen molar-refractivity contribution >= 4 is 28.5 Å². The van der Waals surface area contributed by atoms with Gasteiger partial charge >= 0.3 is 6.03 Å². The van der Waals surface area contributed by atoms with E-state index in [4.69, 9.17) is 11.6 Å². The lowest BCUT2D eigenvalue weighted by atomic mass is 9.83. The second kappa shape index (κ2) is 11.8. The van der Waals surface area contributed by atoms with Crippen LogP contribution in [0.1, 0.15) is 69.0 Å². The van der Waals surface area contributed by atoms with E-state index in [0.717, 1.165) is 16.5 Å². The molecular formula is C26H31ClFN3O. The van der Waals surface area contributed by atoms with Gasteiger partial charge in [0.15, 0.2) is 0 Å². The number of hydrogen-bond donors (Lipinski definition) is 2. The topological polar surface area (TPSA) is 54.0 Å². The number of nitrogens with one attached hydrogen (secondary N) is 2. The molecule has 0 radical (unpaired) electrons. The number of aromatic nitrogens is 1. The maximum Gasteiger partial charge on any atom is 0.315 e. The van der Waals surface area contributed by atoms with E-state index in [-0.39, 0.29) is 17.9 Å². The first-order valence-electron chi connectivity index (χ1n) is 11.3. The number of nitrogens with zero attached hydrogens (tertiary/aromatic N) is 1. The van der Waals surface area contributed by atoms with Crippen molar-refractivity contribution < 1.29 is 9.18 Å². The van der Waals surface area contributed by atoms with Crippen LogP contribution in [0.2, 0.25) is 5.02 Å². The molecule has 2 amide bonds. The van der Waals surface area contributed by atoms with Gasteiger partial charge in [-0.15, -0.1) is 0 Å². The molecule has 1 saturated carbocycles. The van der Waals surface area contributed by atoms with Crippen molar-refractivity contribution in [1.82, 2.24) is 15.6 Å². The van der Waals surface area contributed by atoms with Crippen molar-refractivity contribution in [3.8, 4) is 0 Å². The zero-order valence-corrected chi connectivity index (χ0v) is 19.5. The molecule has 1 heterocycles. The van der Waals surface area contributed by atoms with Crippen LogP contribution in [-0.4, -0.2) is 17.6 Å². The van der Waals surface area contributed by atoms with Crippen LogP contribution in [0.5, 0.6) is 0 Å². The second-order valence-corrected chi connectivity index (χ2v) is 8.61. The number of benzene rings is 2. The summed E-state index contributed by atoms with van der Waals surface area (Å²) in [6.07, 6.45) is 8.25. The maximum atomic E-state index is 13.4. The Labute approximate surface area is 194 Å². The molecule has 4 rings (SSSR count). The van der Waals surface area contributed by atoms with Crippen molar-refractivity contribution in [3.05, 3.63) is 76.7 Å². The fraction of sp³-hybridized carbons (Fsp3) is 0.385. The number of fused-ring (bicyclic) bond motifs is 1. The van der Waals surface area contributed by atoms with Crippen LogP contribution >= 0.6 is 11.6 Å². The van der Waals surface area contributed by atoms with Gasteiger partial charge < -0.3 is 10.6 Å². The van der Waals surface area contributed by atoms with Crippen molar-refractivity contribution in [2.45, 2.75) is 57.9 Å². The van der Waals surface area contributed by atoms with E-state index < -0.39 is 0 Å². The number of carbonyl (C=O) groups is 1. The summed E-state index contributed by atoms with van der Waals surface area (Å²) in [5.74, 6) is 0.429. The lowest BCUT2D eigenvalue weighted by molar-refractivity contribution is 0.238. The van der Waals surface area contributed by atoms with Gasteiger partial charge in [0.25, 0.3) is 0 Å². The van der Waals surface area contributed by atoms with Crippen LogP contribution in [0.3, 0.4) is 0 Å². The highest BCUT2D eigenvalue weighted by atomic mass is 35.5. The summed E-state index contributed by atoms with van der Waals surface area (Å²) < 4.78 is 13.4. The standard InChI is InChI=1S/C15H16FN.C11H15ClN2O/c16-12-6-7-15-14(10-12)13(8-9-17-15)11-4-2-1-3-5-11;1-3-13-11(15)14-8(2)9-4-6-10(12)7-5-9/h6-11H,1-5H2;4-8H,3H2,1-2H3,(H2,13,14,15). The molecule has 0 saturated heterocycles. The van der Waals surface area contributed by atoms with Crippen molar-refractivity contribution in [3.63, 3.8) is 0 Å². The minimum Gasteiger partial charge on any atom is -0.338 e. The summed E-state index contributed by atoms with van der Waals surface area (Å²) in [6.45, 7) is 4.43. The number of rotatable bonds is 4. The highest BCUT2D eigenvalue weighted by Gasteiger charge is 2.18. The van der Waals surface area contributed by atoms with E-state index in [9.17, 15) is 9.18 Å².